The molecule has 3 N–H and O–H groups in total. The smallest absolute Gasteiger partial charge is 0.258 e. The van der Waals surface area contributed by atoms with E-state index in [4.69, 9.17) is 4.74 Å². The number of amides is 1. The Kier molecular flexibility index (Phi) is 8.27. The zero-order valence-corrected chi connectivity index (χ0v) is 23.7. The number of pyridine rings is 1. The molecule has 1 aliphatic rings. The molecule has 0 unspecified atom stereocenters. The van der Waals surface area contributed by atoms with Crippen LogP contribution in [0.1, 0.15) is 21.5 Å². The molecule has 6 rings (SSSR count). The van der Waals surface area contributed by atoms with Crippen molar-refractivity contribution in [3.63, 3.8) is 0 Å². The lowest BCUT2D eigenvalue weighted by Crippen LogP contribution is -2.46. The van der Waals surface area contributed by atoms with Crippen LogP contribution in [-0.4, -0.2) is 81.9 Å². The highest BCUT2D eigenvalue weighted by Gasteiger charge is 2.17. The number of methoxy groups -OCH3 is 1. The van der Waals surface area contributed by atoms with Gasteiger partial charge in [-0.1, -0.05) is 36.4 Å². The van der Waals surface area contributed by atoms with E-state index in [0.717, 1.165) is 62.3 Å². The molecule has 0 spiro atoms. The number of piperazine rings is 1. The molecule has 1 amide bonds. The van der Waals surface area contributed by atoms with Crippen LogP contribution in [-0.2, 0) is 17.8 Å². The van der Waals surface area contributed by atoms with Gasteiger partial charge in [0.2, 0.25) is 0 Å². The van der Waals surface area contributed by atoms with Crippen LogP contribution < -0.4 is 10.9 Å². The van der Waals surface area contributed by atoms with Crippen molar-refractivity contribution < 1.29 is 9.53 Å². The lowest BCUT2D eigenvalue weighted by Gasteiger charge is -2.34. The summed E-state index contributed by atoms with van der Waals surface area (Å²) in [6.07, 6.45) is 4.76. The summed E-state index contributed by atoms with van der Waals surface area (Å²) >= 11 is 0. The van der Waals surface area contributed by atoms with Crippen molar-refractivity contribution in [1.82, 2.24) is 29.5 Å². The zero-order valence-electron chi connectivity index (χ0n) is 23.7. The molecule has 0 radical (unpaired) electrons. The van der Waals surface area contributed by atoms with Gasteiger partial charge in [-0.3, -0.25) is 24.1 Å². The number of ether oxygens (including phenoxy) is 1. The van der Waals surface area contributed by atoms with Gasteiger partial charge in [0.05, 0.1) is 41.9 Å². The second-order valence-electron chi connectivity index (χ2n) is 10.7. The highest BCUT2D eigenvalue weighted by atomic mass is 16.5. The van der Waals surface area contributed by atoms with E-state index in [9.17, 15) is 9.59 Å². The number of fused-ring (bicyclic) bond motifs is 1. The van der Waals surface area contributed by atoms with E-state index in [2.05, 4.69) is 48.4 Å². The normalized spacial score (nSPS) is 14.4. The van der Waals surface area contributed by atoms with Crippen molar-refractivity contribution in [2.75, 3.05) is 51.8 Å². The number of nitrogens with one attached hydrogen (secondary N) is 3. The van der Waals surface area contributed by atoms with E-state index >= 15 is 0 Å². The van der Waals surface area contributed by atoms with Gasteiger partial charge in [0.1, 0.15) is 0 Å². The maximum absolute atomic E-state index is 12.9. The topological polar surface area (TPSA) is 111 Å². The largest absolute Gasteiger partial charge is 0.383 e. The minimum Gasteiger partial charge on any atom is -0.383 e. The van der Waals surface area contributed by atoms with Crippen molar-refractivity contribution in [2.24, 2.45) is 0 Å². The summed E-state index contributed by atoms with van der Waals surface area (Å²) in [5.41, 5.74) is 5.14. The molecule has 5 aromatic rings. The van der Waals surface area contributed by atoms with Crippen LogP contribution in [0.4, 0.5) is 5.69 Å². The van der Waals surface area contributed by atoms with Gasteiger partial charge in [0.25, 0.3) is 11.5 Å². The number of H-pyrrole nitrogens is 2. The predicted molar refractivity (Wildman–Crippen MR) is 164 cm³/mol. The molecule has 1 aliphatic heterocycles. The molecule has 1 fully saturated rings. The fraction of sp³-hybridized carbons (Fsp3) is 0.281. The fourth-order valence-corrected chi connectivity index (χ4v) is 5.37. The number of nitrogens with zero attached hydrogens (tertiary/aromatic N) is 4. The molecule has 10 nitrogen and oxygen atoms in total. The molecule has 0 saturated carbocycles. The van der Waals surface area contributed by atoms with Gasteiger partial charge in [0.15, 0.2) is 0 Å². The summed E-state index contributed by atoms with van der Waals surface area (Å²) in [5, 5.41) is 8.24. The van der Waals surface area contributed by atoms with Crippen molar-refractivity contribution in [3.05, 3.63) is 106 Å². The Bertz CT molecular complexity index is 1720. The summed E-state index contributed by atoms with van der Waals surface area (Å²) in [7, 11) is 1.75. The molecule has 0 aliphatic carbocycles. The Morgan fingerprint density at radius 1 is 0.976 bits per heavy atom. The molecule has 0 bridgehead atoms. The molecule has 10 heteroatoms. The van der Waals surface area contributed by atoms with Crippen LogP contribution in [0.15, 0.2) is 84.0 Å². The zero-order chi connectivity index (χ0) is 28.9. The van der Waals surface area contributed by atoms with Crippen molar-refractivity contribution >= 4 is 22.5 Å². The first kappa shape index (κ1) is 27.6. The summed E-state index contributed by atoms with van der Waals surface area (Å²) in [5.74, 6) is -0.298. The minimum atomic E-state index is -0.298. The van der Waals surface area contributed by atoms with E-state index in [1.807, 2.05) is 36.4 Å². The highest BCUT2D eigenvalue weighted by molar-refractivity contribution is 6.04. The third-order valence-corrected chi connectivity index (χ3v) is 7.70. The summed E-state index contributed by atoms with van der Waals surface area (Å²) in [4.78, 5) is 36.8. The molecular formula is C32H35N7O3. The van der Waals surface area contributed by atoms with Crippen LogP contribution in [0.5, 0.6) is 0 Å². The van der Waals surface area contributed by atoms with Gasteiger partial charge < -0.3 is 20.0 Å². The van der Waals surface area contributed by atoms with Crippen molar-refractivity contribution in [2.45, 2.75) is 13.1 Å². The minimum absolute atomic E-state index is 0.234. The predicted octanol–water partition coefficient (Wildman–Crippen LogP) is 3.78. The first-order valence-corrected chi connectivity index (χ1v) is 14.2. The number of carbonyl (C=O) groups excluding carboxylic acids is 1. The molecule has 4 heterocycles. The number of rotatable bonds is 10. The summed E-state index contributed by atoms with van der Waals surface area (Å²) in [6.45, 7) is 7.36. The molecule has 1 saturated heterocycles. The maximum atomic E-state index is 12.9. The second-order valence-corrected chi connectivity index (χ2v) is 10.7. The Morgan fingerprint density at radius 3 is 2.60 bits per heavy atom. The van der Waals surface area contributed by atoms with Crippen LogP contribution in [0, 0.1) is 0 Å². The third-order valence-electron chi connectivity index (χ3n) is 7.70. The van der Waals surface area contributed by atoms with E-state index in [-0.39, 0.29) is 11.5 Å². The number of hydrogen-bond acceptors (Lipinski definition) is 6. The van der Waals surface area contributed by atoms with E-state index in [1.165, 1.54) is 11.8 Å². The Balaban J connectivity index is 1.12. The van der Waals surface area contributed by atoms with Crippen LogP contribution in [0.3, 0.4) is 0 Å². The van der Waals surface area contributed by atoms with Crippen LogP contribution in [0.2, 0.25) is 0 Å². The average molecular weight is 566 g/mol. The number of carbonyl (C=O) groups is 1. The maximum Gasteiger partial charge on any atom is 0.258 e. The van der Waals surface area contributed by atoms with Gasteiger partial charge >= 0.3 is 0 Å². The number of hydrogen-bond donors (Lipinski definition) is 3. The summed E-state index contributed by atoms with van der Waals surface area (Å²) < 4.78 is 6.93. The first-order chi connectivity index (χ1) is 20.5. The molecule has 0 atom stereocenters. The Hall–Kier alpha value is -4.51. The van der Waals surface area contributed by atoms with Gasteiger partial charge in [-0.25, -0.2) is 0 Å². The van der Waals surface area contributed by atoms with E-state index in [0.29, 0.717) is 29.1 Å². The molecule has 2 aromatic carbocycles. The molecule has 216 valence electrons. The fourth-order valence-electron chi connectivity index (χ4n) is 5.37. The first-order valence-electron chi connectivity index (χ1n) is 14.2. The number of aromatic amines is 2. The SMILES string of the molecule is COCCN1CCN(Cc2ccc3[nH]c(-c4cc(NC(=O)c5cnn(Cc6ccccc6)c5)c[nH]c4=O)cc3c2)CC1. The van der Waals surface area contributed by atoms with Crippen LogP contribution >= 0.6 is 0 Å². The van der Waals surface area contributed by atoms with Crippen molar-refractivity contribution in [1.29, 1.82) is 0 Å². The summed E-state index contributed by atoms with van der Waals surface area (Å²) in [6, 6.07) is 20.0. The van der Waals surface area contributed by atoms with Gasteiger partial charge in [-0.05, 0) is 35.4 Å². The Morgan fingerprint density at radius 2 is 1.79 bits per heavy atom. The highest BCUT2D eigenvalue weighted by Crippen LogP contribution is 2.25. The van der Waals surface area contributed by atoms with Gasteiger partial charge in [-0.15, -0.1) is 0 Å². The van der Waals surface area contributed by atoms with E-state index in [1.54, 1.807) is 30.3 Å². The van der Waals surface area contributed by atoms with Gasteiger partial charge in [-0.2, -0.15) is 5.10 Å². The van der Waals surface area contributed by atoms with Crippen molar-refractivity contribution in [3.8, 4) is 11.3 Å². The molecular weight excluding hydrogens is 530 g/mol. The number of aromatic nitrogens is 4. The number of anilines is 1. The van der Waals surface area contributed by atoms with Crippen LogP contribution in [0.25, 0.3) is 22.2 Å². The monoisotopic (exact) mass is 565 g/mol. The lowest BCUT2D eigenvalue weighted by atomic mass is 10.1. The lowest BCUT2D eigenvalue weighted by molar-refractivity contribution is 0.0938. The third kappa shape index (κ3) is 6.52. The number of benzene rings is 2. The van der Waals surface area contributed by atoms with E-state index < -0.39 is 0 Å². The quantitative estimate of drug-likeness (QED) is 0.238. The van der Waals surface area contributed by atoms with Gasteiger partial charge in [0, 0.05) is 69.7 Å². The molecule has 3 aromatic heterocycles. The Labute approximate surface area is 243 Å². The average Bonchev–Trinajstić information content (AvgIpc) is 3.65. The molecule has 42 heavy (non-hydrogen) atoms. The standard InChI is InChI=1S/C32H35N7O3/c1-42-14-13-37-9-11-38(12-10-37)20-24-7-8-29-25(15-24)16-30(36-29)28-17-27(19-33-32(28)41)35-31(40)26-18-34-39(22-26)21-23-5-3-2-4-6-23/h2-8,15-19,22,36H,9-14,20-21H2,1H3,(H,33,41)(H,35,40). The second kappa shape index (κ2) is 12.6.